The third-order valence-corrected chi connectivity index (χ3v) is 3.78. The Morgan fingerprint density at radius 3 is 2.15 bits per heavy atom. The van der Waals surface area contributed by atoms with Gasteiger partial charge in [0.15, 0.2) is 0 Å². The van der Waals surface area contributed by atoms with Gasteiger partial charge in [-0.1, -0.05) is 54.1 Å². The van der Waals surface area contributed by atoms with Crippen LogP contribution in [0.15, 0.2) is 78.4 Å². The van der Waals surface area contributed by atoms with E-state index in [1.54, 1.807) is 18.2 Å². The van der Waals surface area contributed by atoms with E-state index >= 15 is 0 Å². The van der Waals surface area contributed by atoms with Crippen LogP contribution in [-0.2, 0) is 0 Å². The van der Waals surface area contributed by atoms with Crippen LogP contribution in [0.4, 0.5) is 5.69 Å². The largest absolute Gasteiger partial charge is 0.269 e. The molecule has 2 aromatic carbocycles. The van der Waals surface area contributed by atoms with Crippen LogP contribution < -0.4 is 0 Å². The van der Waals surface area contributed by atoms with Crippen molar-refractivity contribution in [3.63, 3.8) is 0 Å². The number of rotatable bonds is 5. The standard InChI is InChI=1S/C20H12ClN3O2/c21-20(16-5-2-1-3-6-16)8-4-7-19(17(13-22)14-23)15-9-11-18(12-10-15)24(25)26/h1-12H/b7-4+,20-8-. The fourth-order valence-corrected chi connectivity index (χ4v) is 2.35. The predicted molar refractivity (Wildman–Crippen MR) is 101 cm³/mol. The average molecular weight is 362 g/mol. The Morgan fingerprint density at radius 1 is 1.00 bits per heavy atom. The highest BCUT2D eigenvalue weighted by Gasteiger charge is 2.09. The summed E-state index contributed by atoms with van der Waals surface area (Å²) in [4.78, 5) is 10.2. The Morgan fingerprint density at radius 2 is 1.62 bits per heavy atom. The van der Waals surface area contributed by atoms with Crippen molar-refractivity contribution in [3.8, 4) is 12.1 Å². The fourth-order valence-electron chi connectivity index (χ4n) is 2.15. The summed E-state index contributed by atoms with van der Waals surface area (Å²) < 4.78 is 0. The molecular formula is C20H12ClN3O2. The first-order chi connectivity index (χ1) is 12.6. The van der Waals surface area contributed by atoms with Gasteiger partial charge in [-0.15, -0.1) is 0 Å². The molecule has 2 aromatic rings. The van der Waals surface area contributed by atoms with Gasteiger partial charge in [-0.25, -0.2) is 0 Å². The molecule has 0 atom stereocenters. The maximum absolute atomic E-state index is 10.8. The highest BCUT2D eigenvalue weighted by molar-refractivity contribution is 6.48. The van der Waals surface area contributed by atoms with E-state index in [-0.39, 0.29) is 11.3 Å². The molecule has 2 rings (SSSR count). The van der Waals surface area contributed by atoms with Crippen LogP contribution in [0.5, 0.6) is 0 Å². The summed E-state index contributed by atoms with van der Waals surface area (Å²) in [5.41, 5.74) is 1.55. The molecule has 26 heavy (non-hydrogen) atoms. The summed E-state index contributed by atoms with van der Waals surface area (Å²) in [6.07, 6.45) is 4.85. The van der Waals surface area contributed by atoms with E-state index in [0.717, 1.165) is 5.56 Å². The molecule has 0 amide bonds. The van der Waals surface area contributed by atoms with Gasteiger partial charge in [-0.3, -0.25) is 10.1 Å². The van der Waals surface area contributed by atoms with Gasteiger partial charge in [-0.2, -0.15) is 10.5 Å². The predicted octanol–water partition coefficient (Wildman–Crippen LogP) is 5.23. The van der Waals surface area contributed by atoms with E-state index in [0.29, 0.717) is 16.2 Å². The molecule has 0 aliphatic heterocycles. The zero-order chi connectivity index (χ0) is 18.9. The van der Waals surface area contributed by atoms with E-state index in [1.807, 2.05) is 42.5 Å². The second kappa shape index (κ2) is 8.98. The topological polar surface area (TPSA) is 90.7 Å². The summed E-state index contributed by atoms with van der Waals surface area (Å²) in [7, 11) is 0. The Balaban J connectivity index is 2.38. The van der Waals surface area contributed by atoms with Crippen molar-refractivity contribution in [2.45, 2.75) is 0 Å². The van der Waals surface area contributed by atoms with Crippen LogP contribution in [-0.4, -0.2) is 4.92 Å². The Bertz CT molecular complexity index is 960. The monoisotopic (exact) mass is 361 g/mol. The number of nitro groups is 1. The van der Waals surface area contributed by atoms with Gasteiger partial charge < -0.3 is 0 Å². The first-order valence-electron chi connectivity index (χ1n) is 7.45. The third-order valence-electron chi connectivity index (χ3n) is 3.44. The minimum absolute atomic E-state index is 0.0698. The fraction of sp³-hybridized carbons (Fsp3) is 0. The van der Waals surface area contributed by atoms with Crippen molar-refractivity contribution in [1.29, 1.82) is 10.5 Å². The summed E-state index contributed by atoms with van der Waals surface area (Å²) in [6.45, 7) is 0. The maximum Gasteiger partial charge on any atom is 0.269 e. The molecule has 0 aliphatic carbocycles. The SMILES string of the molecule is N#CC(C#N)=C(/C=C/C=C(\Cl)c1ccccc1)c1ccc([N+](=O)[O-])cc1. The molecule has 6 heteroatoms. The normalized spacial score (nSPS) is 10.8. The molecule has 0 fully saturated rings. The molecule has 0 aliphatic rings. The molecule has 0 saturated carbocycles. The summed E-state index contributed by atoms with van der Waals surface area (Å²) in [5, 5.41) is 29.6. The van der Waals surface area contributed by atoms with E-state index in [9.17, 15) is 20.6 Å². The third kappa shape index (κ3) is 4.67. The molecule has 0 radical (unpaired) electrons. The van der Waals surface area contributed by atoms with Gasteiger partial charge in [0.2, 0.25) is 0 Å². The molecule has 0 aromatic heterocycles. The molecule has 0 N–H and O–H groups in total. The molecule has 0 unspecified atom stereocenters. The van der Waals surface area contributed by atoms with Crippen molar-refractivity contribution in [1.82, 2.24) is 0 Å². The van der Waals surface area contributed by atoms with Gasteiger partial charge >= 0.3 is 0 Å². The van der Waals surface area contributed by atoms with E-state index in [1.165, 1.54) is 24.3 Å². The van der Waals surface area contributed by atoms with Gasteiger partial charge in [0.1, 0.15) is 17.7 Å². The second-order valence-electron chi connectivity index (χ2n) is 5.06. The number of nitro benzene ring substituents is 1. The number of hydrogen-bond acceptors (Lipinski definition) is 4. The summed E-state index contributed by atoms with van der Waals surface area (Å²) in [5.74, 6) is 0. The minimum Gasteiger partial charge on any atom is -0.258 e. The second-order valence-corrected chi connectivity index (χ2v) is 5.46. The lowest BCUT2D eigenvalue weighted by atomic mass is 10.00. The zero-order valence-corrected chi connectivity index (χ0v) is 14.2. The van der Waals surface area contributed by atoms with Gasteiger partial charge in [-0.05, 0) is 29.3 Å². The average Bonchev–Trinajstić information content (AvgIpc) is 2.68. The Labute approximate surface area is 155 Å². The molecule has 126 valence electrons. The number of allylic oxidation sites excluding steroid dienone is 5. The highest BCUT2D eigenvalue weighted by atomic mass is 35.5. The van der Waals surface area contributed by atoms with Crippen molar-refractivity contribution in [3.05, 3.63) is 99.6 Å². The first kappa shape index (κ1) is 18.7. The number of nitrogens with zero attached hydrogens (tertiary/aromatic N) is 3. The Kier molecular flexibility index (Phi) is 6.45. The van der Waals surface area contributed by atoms with Gasteiger partial charge in [0.25, 0.3) is 5.69 Å². The van der Waals surface area contributed by atoms with Crippen LogP contribution >= 0.6 is 11.6 Å². The van der Waals surface area contributed by atoms with Gasteiger partial charge in [0, 0.05) is 22.7 Å². The maximum atomic E-state index is 10.8. The highest BCUT2D eigenvalue weighted by Crippen LogP contribution is 2.24. The summed E-state index contributed by atoms with van der Waals surface area (Å²) >= 11 is 6.23. The first-order valence-corrected chi connectivity index (χ1v) is 7.83. The number of non-ortho nitro benzene ring substituents is 1. The number of benzene rings is 2. The lowest BCUT2D eigenvalue weighted by molar-refractivity contribution is -0.384. The number of nitriles is 2. The molecular weight excluding hydrogens is 350 g/mol. The molecule has 0 bridgehead atoms. The quantitative estimate of drug-likeness (QED) is 0.315. The van der Waals surface area contributed by atoms with E-state index < -0.39 is 4.92 Å². The van der Waals surface area contributed by atoms with Gasteiger partial charge in [0.05, 0.1) is 4.92 Å². The van der Waals surface area contributed by atoms with Crippen LogP contribution in [0.1, 0.15) is 11.1 Å². The summed E-state index contributed by atoms with van der Waals surface area (Å²) in [6, 6.07) is 18.6. The van der Waals surface area contributed by atoms with Crippen LogP contribution in [0.2, 0.25) is 0 Å². The van der Waals surface area contributed by atoms with Crippen LogP contribution in [0.25, 0.3) is 10.6 Å². The minimum atomic E-state index is -0.513. The smallest absolute Gasteiger partial charge is 0.258 e. The Hall–Kier alpha value is -3.67. The number of hydrogen-bond donors (Lipinski definition) is 0. The van der Waals surface area contributed by atoms with Crippen LogP contribution in [0.3, 0.4) is 0 Å². The van der Waals surface area contributed by atoms with E-state index in [2.05, 4.69) is 0 Å². The van der Waals surface area contributed by atoms with Crippen molar-refractivity contribution in [2.75, 3.05) is 0 Å². The zero-order valence-electron chi connectivity index (χ0n) is 13.5. The molecule has 0 heterocycles. The van der Waals surface area contributed by atoms with E-state index in [4.69, 9.17) is 11.6 Å². The molecule has 0 spiro atoms. The van der Waals surface area contributed by atoms with Crippen molar-refractivity contribution < 1.29 is 4.92 Å². The van der Waals surface area contributed by atoms with Crippen LogP contribution in [0, 0.1) is 32.8 Å². The molecule has 0 saturated heterocycles. The lowest BCUT2D eigenvalue weighted by Gasteiger charge is -2.02. The number of halogens is 1. The van der Waals surface area contributed by atoms with Crippen molar-refractivity contribution in [2.24, 2.45) is 0 Å². The lowest BCUT2D eigenvalue weighted by Crippen LogP contribution is -1.90. The molecule has 5 nitrogen and oxygen atoms in total. The van der Waals surface area contributed by atoms with Crippen molar-refractivity contribution >= 4 is 27.9 Å².